The fraction of sp³-hybridized carbons (Fsp3) is 0.647. The fourth-order valence-corrected chi connectivity index (χ4v) is 4.57. The SMILES string of the molecule is CC(C)(C)[Si](C)(C)OC1CCN(c2ccc(F)cc2Br)CC1. The first-order chi connectivity index (χ1) is 10.1. The third kappa shape index (κ3) is 4.12. The first-order valence-electron chi connectivity index (χ1n) is 7.98. The summed E-state index contributed by atoms with van der Waals surface area (Å²) < 4.78 is 20.6. The van der Waals surface area contributed by atoms with Gasteiger partial charge < -0.3 is 9.33 Å². The zero-order valence-electron chi connectivity index (χ0n) is 14.2. The van der Waals surface area contributed by atoms with Crippen molar-refractivity contribution in [3.63, 3.8) is 0 Å². The van der Waals surface area contributed by atoms with E-state index in [1.54, 1.807) is 0 Å². The minimum Gasteiger partial charge on any atom is -0.414 e. The molecule has 124 valence electrons. The summed E-state index contributed by atoms with van der Waals surface area (Å²) in [6.07, 6.45) is 2.43. The predicted octanol–water partition coefficient (Wildman–Crippen LogP) is 5.58. The molecule has 0 bridgehead atoms. The minimum atomic E-state index is -1.69. The molecule has 0 atom stereocenters. The molecule has 1 aliphatic heterocycles. The fourth-order valence-electron chi connectivity index (χ4n) is 2.55. The van der Waals surface area contributed by atoms with Crippen LogP contribution in [0.3, 0.4) is 0 Å². The Labute approximate surface area is 143 Å². The molecule has 0 aliphatic carbocycles. The summed E-state index contributed by atoms with van der Waals surface area (Å²) in [7, 11) is -1.69. The number of rotatable bonds is 3. The first-order valence-corrected chi connectivity index (χ1v) is 11.7. The van der Waals surface area contributed by atoms with Crippen LogP contribution in [-0.4, -0.2) is 27.5 Å². The maximum Gasteiger partial charge on any atom is 0.192 e. The van der Waals surface area contributed by atoms with Crippen LogP contribution in [0.5, 0.6) is 0 Å². The molecule has 0 spiro atoms. The monoisotopic (exact) mass is 387 g/mol. The lowest BCUT2D eigenvalue weighted by Crippen LogP contribution is -2.47. The van der Waals surface area contributed by atoms with E-state index < -0.39 is 8.32 Å². The van der Waals surface area contributed by atoms with Crippen LogP contribution in [0.25, 0.3) is 0 Å². The summed E-state index contributed by atoms with van der Waals surface area (Å²) in [5, 5.41) is 0.254. The van der Waals surface area contributed by atoms with Crippen molar-refractivity contribution in [3.8, 4) is 0 Å². The Morgan fingerprint density at radius 2 is 1.82 bits per heavy atom. The number of benzene rings is 1. The van der Waals surface area contributed by atoms with Crippen molar-refractivity contribution < 1.29 is 8.82 Å². The third-order valence-electron chi connectivity index (χ3n) is 4.96. The normalized spacial score (nSPS) is 17.9. The van der Waals surface area contributed by atoms with Gasteiger partial charge in [-0.05, 0) is 65.1 Å². The van der Waals surface area contributed by atoms with E-state index in [0.29, 0.717) is 6.10 Å². The molecule has 1 saturated heterocycles. The number of nitrogens with zero attached hydrogens (tertiary/aromatic N) is 1. The van der Waals surface area contributed by atoms with Crippen LogP contribution < -0.4 is 4.90 Å². The summed E-state index contributed by atoms with van der Waals surface area (Å²) in [6, 6.07) is 4.92. The smallest absolute Gasteiger partial charge is 0.192 e. The number of hydrogen-bond donors (Lipinski definition) is 0. The van der Waals surface area contributed by atoms with E-state index in [2.05, 4.69) is 54.7 Å². The minimum absolute atomic E-state index is 0.202. The molecule has 0 N–H and O–H groups in total. The van der Waals surface area contributed by atoms with Gasteiger partial charge in [0.2, 0.25) is 0 Å². The highest BCUT2D eigenvalue weighted by Crippen LogP contribution is 2.39. The van der Waals surface area contributed by atoms with Crippen molar-refractivity contribution in [2.45, 2.75) is 57.8 Å². The van der Waals surface area contributed by atoms with Crippen molar-refractivity contribution >= 4 is 29.9 Å². The molecule has 1 aliphatic rings. The molecule has 2 nitrogen and oxygen atoms in total. The number of piperidine rings is 1. The highest BCUT2D eigenvalue weighted by molar-refractivity contribution is 9.10. The molecule has 0 radical (unpaired) electrons. The molecular weight excluding hydrogens is 361 g/mol. The van der Waals surface area contributed by atoms with E-state index in [-0.39, 0.29) is 10.9 Å². The molecule has 2 rings (SSSR count). The van der Waals surface area contributed by atoms with Crippen molar-refractivity contribution in [3.05, 3.63) is 28.5 Å². The number of anilines is 1. The van der Waals surface area contributed by atoms with Gasteiger partial charge in [-0.3, -0.25) is 0 Å². The molecule has 22 heavy (non-hydrogen) atoms. The topological polar surface area (TPSA) is 12.5 Å². The maximum absolute atomic E-state index is 13.2. The summed E-state index contributed by atoms with van der Waals surface area (Å²) >= 11 is 3.47. The van der Waals surface area contributed by atoms with E-state index in [1.165, 1.54) is 12.1 Å². The van der Waals surface area contributed by atoms with Crippen molar-refractivity contribution in [1.29, 1.82) is 0 Å². The van der Waals surface area contributed by atoms with Crippen molar-refractivity contribution in [2.24, 2.45) is 0 Å². The van der Waals surface area contributed by atoms with Crippen molar-refractivity contribution in [2.75, 3.05) is 18.0 Å². The van der Waals surface area contributed by atoms with E-state index in [0.717, 1.165) is 36.1 Å². The molecule has 1 aromatic rings. The van der Waals surface area contributed by atoms with Gasteiger partial charge in [0, 0.05) is 23.7 Å². The van der Waals surface area contributed by atoms with Crippen LogP contribution in [0.2, 0.25) is 18.1 Å². The van der Waals surface area contributed by atoms with E-state index in [4.69, 9.17) is 4.43 Å². The average Bonchev–Trinajstić information content (AvgIpc) is 2.38. The molecular formula is C17H27BrFNOSi. The van der Waals surface area contributed by atoms with Gasteiger partial charge in [-0.1, -0.05) is 20.8 Å². The van der Waals surface area contributed by atoms with Gasteiger partial charge in [0.25, 0.3) is 0 Å². The lowest BCUT2D eigenvalue weighted by atomic mass is 10.1. The van der Waals surface area contributed by atoms with Crippen molar-refractivity contribution in [1.82, 2.24) is 0 Å². The van der Waals surface area contributed by atoms with Crippen LogP contribution in [0.1, 0.15) is 33.6 Å². The third-order valence-corrected chi connectivity index (χ3v) is 10.1. The molecule has 5 heteroatoms. The maximum atomic E-state index is 13.2. The van der Waals surface area contributed by atoms with Gasteiger partial charge >= 0.3 is 0 Å². The Kier molecular flexibility index (Phi) is 5.40. The highest BCUT2D eigenvalue weighted by Gasteiger charge is 2.39. The van der Waals surface area contributed by atoms with Gasteiger partial charge in [0.15, 0.2) is 8.32 Å². The van der Waals surface area contributed by atoms with Gasteiger partial charge in [-0.2, -0.15) is 0 Å². The zero-order valence-corrected chi connectivity index (χ0v) is 16.8. The zero-order chi connectivity index (χ0) is 16.5. The van der Waals surface area contributed by atoms with E-state index >= 15 is 0 Å². The highest BCUT2D eigenvalue weighted by atomic mass is 79.9. The molecule has 0 unspecified atom stereocenters. The molecule has 1 aromatic carbocycles. The Hall–Kier alpha value is -0.393. The molecule has 0 aromatic heterocycles. The standard InChI is InChI=1S/C17H27BrFNOSi/c1-17(2,3)22(4,5)21-14-8-10-20(11-9-14)16-7-6-13(19)12-15(16)18/h6-7,12,14H,8-11H2,1-5H3. The Balaban J connectivity index is 1.96. The summed E-state index contributed by atoms with van der Waals surface area (Å²) in [6.45, 7) is 13.4. The van der Waals surface area contributed by atoms with E-state index in [1.807, 2.05) is 6.07 Å². The lowest BCUT2D eigenvalue weighted by Gasteiger charge is -2.42. The Bertz CT molecular complexity index is 522. The predicted molar refractivity (Wildman–Crippen MR) is 97.6 cm³/mol. The van der Waals surface area contributed by atoms with Gasteiger partial charge in [0.1, 0.15) is 5.82 Å². The van der Waals surface area contributed by atoms with E-state index in [9.17, 15) is 4.39 Å². The Morgan fingerprint density at radius 1 is 1.23 bits per heavy atom. The van der Waals surface area contributed by atoms with Gasteiger partial charge in [-0.25, -0.2) is 4.39 Å². The second-order valence-electron chi connectivity index (χ2n) is 7.66. The second kappa shape index (κ2) is 6.61. The Morgan fingerprint density at radius 3 is 2.32 bits per heavy atom. The molecule has 1 heterocycles. The van der Waals surface area contributed by atoms with Gasteiger partial charge in [-0.15, -0.1) is 0 Å². The van der Waals surface area contributed by atoms with Crippen LogP contribution >= 0.6 is 15.9 Å². The average molecular weight is 388 g/mol. The number of hydrogen-bond acceptors (Lipinski definition) is 2. The summed E-state index contributed by atoms with van der Waals surface area (Å²) in [4.78, 5) is 2.31. The van der Waals surface area contributed by atoms with Crippen LogP contribution in [0.15, 0.2) is 22.7 Å². The molecule has 1 fully saturated rings. The second-order valence-corrected chi connectivity index (χ2v) is 13.3. The van der Waals surface area contributed by atoms with Gasteiger partial charge in [0.05, 0.1) is 5.69 Å². The first kappa shape index (κ1) is 18.0. The number of halogens is 2. The van der Waals surface area contributed by atoms with Crippen LogP contribution in [-0.2, 0) is 4.43 Å². The quantitative estimate of drug-likeness (QED) is 0.627. The summed E-state index contributed by atoms with van der Waals surface area (Å²) in [5.41, 5.74) is 1.08. The largest absolute Gasteiger partial charge is 0.414 e. The van der Waals surface area contributed by atoms with Crippen LogP contribution in [0.4, 0.5) is 10.1 Å². The summed E-state index contributed by atoms with van der Waals surface area (Å²) in [5.74, 6) is -0.202. The molecule has 0 amide bonds. The lowest BCUT2D eigenvalue weighted by molar-refractivity contribution is 0.152. The molecule has 0 saturated carbocycles. The van der Waals surface area contributed by atoms with Crippen LogP contribution in [0, 0.1) is 5.82 Å².